The second kappa shape index (κ2) is 8.26. The molecule has 166 valence electrons. The Labute approximate surface area is 190 Å². The van der Waals surface area contributed by atoms with Crippen molar-refractivity contribution >= 4 is 28.9 Å². The van der Waals surface area contributed by atoms with Crippen molar-refractivity contribution in [1.82, 2.24) is 15.0 Å². The number of aliphatic hydroxyl groups is 1. The molecule has 1 aromatic carbocycles. The lowest BCUT2D eigenvalue weighted by molar-refractivity contribution is -0.146. The Morgan fingerprint density at radius 2 is 1.94 bits per heavy atom. The molecule has 2 saturated carbocycles. The highest BCUT2D eigenvalue weighted by Crippen LogP contribution is 2.43. The van der Waals surface area contributed by atoms with Crippen LogP contribution in [0.2, 0.25) is 0 Å². The van der Waals surface area contributed by atoms with Crippen LogP contribution in [0.5, 0.6) is 0 Å². The zero-order valence-electron chi connectivity index (χ0n) is 17.9. The van der Waals surface area contributed by atoms with Gasteiger partial charge in [-0.05, 0) is 74.8 Å². The molecule has 3 N–H and O–H groups in total. The first-order valence-electron chi connectivity index (χ1n) is 11.0. The summed E-state index contributed by atoms with van der Waals surface area (Å²) in [6, 6.07) is 8.11. The largest absolute Gasteiger partial charge is 0.481 e. The molecule has 5 rings (SSSR count). The van der Waals surface area contributed by atoms with Gasteiger partial charge in [0.2, 0.25) is 5.95 Å². The fourth-order valence-electron chi connectivity index (χ4n) is 4.41. The number of aliphatic hydroxyl groups excluding tert-OH is 1. The van der Waals surface area contributed by atoms with Gasteiger partial charge in [-0.1, -0.05) is 6.07 Å². The van der Waals surface area contributed by atoms with Gasteiger partial charge < -0.3 is 15.5 Å². The number of nitrogens with zero attached hydrogens (tertiary/aromatic N) is 3. The molecule has 8 heteroatoms. The third-order valence-electron chi connectivity index (χ3n) is 6.42. The van der Waals surface area contributed by atoms with Gasteiger partial charge in [0.15, 0.2) is 0 Å². The van der Waals surface area contributed by atoms with Crippen molar-refractivity contribution in [2.75, 3.05) is 5.32 Å². The number of hydrogen-bond donors (Lipinski definition) is 3. The lowest BCUT2D eigenvalue weighted by Crippen LogP contribution is -2.40. The molecule has 0 saturated heterocycles. The van der Waals surface area contributed by atoms with Crippen molar-refractivity contribution < 1.29 is 15.0 Å². The van der Waals surface area contributed by atoms with Crippen LogP contribution in [0.1, 0.15) is 60.7 Å². The van der Waals surface area contributed by atoms with Crippen LogP contribution < -0.4 is 5.32 Å². The van der Waals surface area contributed by atoms with Crippen molar-refractivity contribution in [1.29, 1.82) is 0 Å². The van der Waals surface area contributed by atoms with E-state index in [1.54, 1.807) is 12.4 Å². The van der Waals surface area contributed by atoms with Gasteiger partial charge in [-0.2, -0.15) is 0 Å². The topological polar surface area (TPSA) is 108 Å². The highest BCUT2D eigenvalue weighted by molar-refractivity contribution is 7.15. The Hall–Kier alpha value is -2.84. The van der Waals surface area contributed by atoms with E-state index in [1.165, 1.54) is 24.2 Å². The average Bonchev–Trinajstić information content (AvgIpc) is 3.50. The van der Waals surface area contributed by atoms with Crippen molar-refractivity contribution in [3.8, 4) is 10.4 Å². The summed E-state index contributed by atoms with van der Waals surface area (Å²) < 4.78 is 0. The molecule has 3 aromatic rings. The van der Waals surface area contributed by atoms with Gasteiger partial charge in [0.1, 0.15) is 10.4 Å². The van der Waals surface area contributed by atoms with Gasteiger partial charge in [-0.3, -0.25) is 4.79 Å². The number of benzene rings is 1. The summed E-state index contributed by atoms with van der Waals surface area (Å²) in [5.41, 5.74) is 3.01. The molecule has 0 amide bonds. The SMILES string of the molecule is Cc1cc(Nc2nccc(C3CC3)n2)cc(-c2cnc([C@]3(C(=O)O)CC[C@H](O)CC3)s2)c1. The Balaban J connectivity index is 1.42. The summed E-state index contributed by atoms with van der Waals surface area (Å²) in [6.07, 6.45) is 7.30. The normalized spacial score (nSPS) is 23.1. The van der Waals surface area contributed by atoms with Gasteiger partial charge in [-0.25, -0.2) is 15.0 Å². The first kappa shape index (κ1) is 21.0. The molecule has 2 aliphatic carbocycles. The second-order valence-electron chi connectivity index (χ2n) is 8.94. The third kappa shape index (κ3) is 4.12. The zero-order chi connectivity index (χ0) is 22.3. The van der Waals surface area contributed by atoms with Crippen LogP contribution in [0.15, 0.2) is 36.7 Å². The lowest BCUT2D eigenvalue weighted by Gasteiger charge is -2.33. The zero-order valence-corrected chi connectivity index (χ0v) is 18.7. The van der Waals surface area contributed by atoms with Crippen molar-refractivity contribution in [3.63, 3.8) is 0 Å². The van der Waals surface area contributed by atoms with Gasteiger partial charge in [0, 0.05) is 29.7 Å². The number of aromatic nitrogens is 3. The van der Waals surface area contributed by atoms with E-state index in [9.17, 15) is 15.0 Å². The number of carboxylic acids is 1. The fourth-order valence-corrected chi connectivity index (χ4v) is 5.55. The van der Waals surface area contributed by atoms with Gasteiger partial charge >= 0.3 is 5.97 Å². The number of nitrogens with one attached hydrogen (secondary N) is 1. The summed E-state index contributed by atoms with van der Waals surface area (Å²) in [6.45, 7) is 2.03. The Kier molecular flexibility index (Phi) is 5.43. The van der Waals surface area contributed by atoms with E-state index in [-0.39, 0.29) is 0 Å². The van der Waals surface area contributed by atoms with Crippen LogP contribution in [-0.4, -0.2) is 37.2 Å². The van der Waals surface area contributed by atoms with E-state index < -0.39 is 17.5 Å². The molecule has 0 radical (unpaired) electrons. The third-order valence-corrected chi connectivity index (χ3v) is 7.67. The van der Waals surface area contributed by atoms with Crippen LogP contribution in [0, 0.1) is 6.92 Å². The first-order valence-corrected chi connectivity index (χ1v) is 11.8. The number of rotatable bonds is 6. The number of aliphatic carboxylic acids is 1. The minimum atomic E-state index is -1.01. The molecule has 0 spiro atoms. The van der Waals surface area contributed by atoms with Crippen molar-refractivity contribution in [2.24, 2.45) is 0 Å². The summed E-state index contributed by atoms with van der Waals surface area (Å²) in [5, 5.41) is 23.8. The fraction of sp³-hybridized carbons (Fsp3) is 0.417. The van der Waals surface area contributed by atoms with E-state index in [0.29, 0.717) is 42.6 Å². The molecular formula is C24H26N4O3S. The van der Waals surface area contributed by atoms with Crippen molar-refractivity contribution in [3.05, 3.63) is 52.9 Å². The molecule has 7 nitrogen and oxygen atoms in total. The summed E-state index contributed by atoms with van der Waals surface area (Å²) in [7, 11) is 0. The van der Waals surface area contributed by atoms with Crippen LogP contribution in [-0.2, 0) is 10.2 Å². The molecule has 0 atom stereocenters. The van der Waals surface area contributed by atoms with Crippen LogP contribution in [0.3, 0.4) is 0 Å². The standard InChI is InChI=1S/C24H26N4O3S/c1-14-10-16(12-17(11-14)27-23-25-9-6-19(28-23)15-2-3-15)20-13-26-21(32-20)24(22(30)31)7-4-18(29)5-8-24/h6,9-13,15,18,29H,2-5,7-8H2,1H3,(H,30,31)(H,25,27,28)/t18-,24-. The molecule has 2 heterocycles. The van der Waals surface area contributed by atoms with Crippen LogP contribution in [0.25, 0.3) is 10.4 Å². The minimum Gasteiger partial charge on any atom is -0.481 e. The molecule has 32 heavy (non-hydrogen) atoms. The maximum absolute atomic E-state index is 12.2. The highest BCUT2D eigenvalue weighted by atomic mass is 32.1. The van der Waals surface area contributed by atoms with Crippen molar-refractivity contribution in [2.45, 2.75) is 62.9 Å². The molecule has 0 unspecified atom stereocenters. The Morgan fingerprint density at radius 1 is 1.16 bits per heavy atom. The van der Waals surface area contributed by atoms with E-state index in [4.69, 9.17) is 0 Å². The Bertz CT molecular complexity index is 1150. The van der Waals surface area contributed by atoms with Crippen LogP contribution in [0.4, 0.5) is 11.6 Å². The summed E-state index contributed by atoms with van der Waals surface area (Å²) >= 11 is 1.43. The lowest BCUT2D eigenvalue weighted by atomic mass is 9.73. The van der Waals surface area contributed by atoms with Gasteiger partial charge in [-0.15, -0.1) is 11.3 Å². The monoisotopic (exact) mass is 450 g/mol. The number of carboxylic acid groups (broad SMARTS) is 1. The molecule has 2 fully saturated rings. The number of aryl methyl sites for hydroxylation is 1. The average molecular weight is 451 g/mol. The number of hydrogen-bond acceptors (Lipinski definition) is 7. The quantitative estimate of drug-likeness (QED) is 0.496. The van der Waals surface area contributed by atoms with Crippen LogP contribution >= 0.6 is 11.3 Å². The number of carbonyl (C=O) groups is 1. The highest BCUT2D eigenvalue weighted by Gasteiger charge is 2.45. The smallest absolute Gasteiger partial charge is 0.316 e. The maximum atomic E-state index is 12.2. The molecule has 2 aliphatic rings. The summed E-state index contributed by atoms with van der Waals surface area (Å²) in [5.74, 6) is 0.288. The second-order valence-corrected chi connectivity index (χ2v) is 9.97. The molecular weight excluding hydrogens is 424 g/mol. The molecule has 0 bridgehead atoms. The minimum absolute atomic E-state index is 0.408. The van der Waals surface area contributed by atoms with Gasteiger partial charge in [0.05, 0.1) is 11.0 Å². The summed E-state index contributed by atoms with van der Waals surface area (Å²) in [4.78, 5) is 26.6. The predicted molar refractivity (Wildman–Crippen MR) is 123 cm³/mol. The molecule has 0 aliphatic heterocycles. The molecule has 2 aromatic heterocycles. The predicted octanol–water partition coefficient (Wildman–Crippen LogP) is 4.79. The van der Waals surface area contributed by atoms with E-state index >= 15 is 0 Å². The van der Waals surface area contributed by atoms with E-state index in [1.807, 2.05) is 25.1 Å². The van der Waals surface area contributed by atoms with E-state index in [2.05, 4.69) is 26.3 Å². The van der Waals surface area contributed by atoms with Gasteiger partial charge in [0.25, 0.3) is 0 Å². The Morgan fingerprint density at radius 3 is 2.66 bits per heavy atom. The first-order chi connectivity index (χ1) is 15.4. The number of anilines is 2. The number of thiazole rings is 1. The van der Waals surface area contributed by atoms with E-state index in [0.717, 1.165) is 27.4 Å². The maximum Gasteiger partial charge on any atom is 0.316 e.